The Morgan fingerprint density at radius 3 is 1.82 bits per heavy atom. The van der Waals surface area contributed by atoms with Crippen molar-refractivity contribution in [3.8, 4) is 11.5 Å². The fraction of sp³-hybridized carbons (Fsp3) is 0.500. The summed E-state index contributed by atoms with van der Waals surface area (Å²) in [6, 6.07) is 18.4. The van der Waals surface area contributed by atoms with Crippen LogP contribution in [0.5, 0.6) is 11.5 Å². The molecule has 3 aliphatic rings. The van der Waals surface area contributed by atoms with E-state index >= 15 is 0 Å². The summed E-state index contributed by atoms with van der Waals surface area (Å²) in [7, 11) is 0. The van der Waals surface area contributed by atoms with E-state index in [1.807, 2.05) is 64.1 Å². The van der Waals surface area contributed by atoms with E-state index in [9.17, 15) is 0 Å². The summed E-state index contributed by atoms with van der Waals surface area (Å²) in [5.74, 6) is -0.489. The number of hydrogen-bond donors (Lipinski definition) is 0. The van der Waals surface area contributed by atoms with E-state index in [-0.39, 0.29) is 12.7 Å². The highest BCUT2D eigenvalue weighted by molar-refractivity contribution is 8.07. The monoisotopic (exact) mass is 508 g/mol. The largest absolute Gasteiger partial charge is 0.435 e. The molecule has 184 valence electrons. The Morgan fingerprint density at radius 2 is 1.24 bits per heavy atom. The third-order valence-electron chi connectivity index (χ3n) is 5.57. The average Bonchev–Trinajstić information content (AvgIpc) is 3.27. The topological polar surface area (TPSA) is 73.8 Å². The van der Waals surface area contributed by atoms with E-state index in [0.29, 0.717) is 11.5 Å². The lowest BCUT2D eigenvalue weighted by molar-refractivity contribution is -0.238. The smallest absolute Gasteiger partial charge is 0.416 e. The van der Waals surface area contributed by atoms with Crippen LogP contribution in [0.15, 0.2) is 60.7 Å². The molecule has 0 unspecified atom stereocenters. The molecule has 3 aliphatic heterocycles. The highest BCUT2D eigenvalue weighted by Gasteiger charge is 2.60. The predicted octanol–water partition coefficient (Wildman–Crippen LogP) is 4.78. The first-order chi connectivity index (χ1) is 16.1. The molecule has 5 rings (SSSR count). The molecule has 0 radical (unpaired) electrons. The zero-order valence-corrected chi connectivity index (χ0v) is 21.2. The molecule has 0 aromatic heterocycles. The van der Waals surface area contributed by atoms with Crippen LogP contribution in [0.1, 0.15) is 27.7 Å². The molecule has 5 atom stereocenters. The summed E-state index contributed by atoms with van der Waals surface area (Å²) in [5.41, 5.74) is 0. The van der Waals surface area contributed by atoms with Gasteiger partial charge in [-0.1, -0.05) is 36.4 Å². The van der Waals surface area contributed by atoms with Gasteiger partial charge in [0.15, 0.2) is 17.9 Å². The molecule has 10 heteroatoms. The van der Waals surface area contributed by atoms with Crippen molar-refractivity contribution < 1.29 is 37.3 Å². The first-order valence-electron chi connectivity index (χ1n) is 11.2. The van der Waals surface area contributed by atoms with Gasteiger partial charge in [0, 0.05) is 11.8 Å². The number of hydrogen-bond acceptors (Lipinski definition) is 9. The van der Waals surface area contributed by atoms with Gasteiger partial charge in [-0.3, -0.25) is 4.52 Å². The van der Waals surface area contributed by atoms with Crippen molar-refractivity contribution in [2.75, 3.05) is 6.61 Å². The maximum Gasteiger partial charge on any atom is 0.435 e. The Labute approximate surface area is 204 Å². The summed E-state index contributed by atoms with van der Waals surface area (Å²) < 4.78 is 48.9. The molecule has 0 bridgehead atoms. The van der Waals surface area contributed by atoms with Gasteiger partial charge in [0.2, 0.25) is 0 Å². The van der Waals surface area contributed by atoms with Gasteiger partial charge in [0.25, 0.3) is 0 Å². The molecule has 0 aliphatic carbocycles. The maximum atomic E-state index is 6.23. The van der Waals surface area contributed by atoms with E-state index in [1.165, 1.54) is 0 Å². The number of para-hydroxylation sites is 2. The quantitative estimate of drug-likeness (QED) is 0.491. The van der Waals surface area contributed by atoms with Crippen LogP contribution in [0, 0.1) is 0 Å². The zero-order valence-electron chi connectivity index (χ0n) is 19.5. The maximum absolute atomic E-state index is 6.23. The average molecular weight is 509 g/mol. The summed E-state index contributed by atoms with van der Waals surface area (Å²) >= 11 is 5.79. The van der Waals surface area contributed by atoms with Crippen LogP contribution in [0.25, 0.3) is 0 Å². The van der Waals surface area contributed by atoms with E-state index in [2.05, 4.69) is 0 Å². The van der Waals surface area contributed by atoms with Crippen LogP contribution in [-0.4, -0.2) is 48.9 Å². The van der Waals surface area contributed by atoms with E-state index < -0.39 is 42.9 Å². The molecule has 0 amide bonds. The second kappa shape index (κ2) is 9.15. The second-order valence-corrected chi connectivity index (χ2v) is 12.1. The third kappa shape index (κ3) is 5.32. The Hall–Kier alpha value is -1.55. The fourth-order valence-corrected chi connectivity index (χ4v) is 6.22. The highest BCUT2D eigenvalue weighted by atomic mass is 32.5. The van der Waals surface area contributed by atoms with E-state index in [0.717, 1.165) is 0 Å². The van der Waals surface area contributed by atoms with Gasteiger partial charge in [0.1, 0.15) is 35.9 Å². The lowest BCUT2D eigenvalue weighted by atomic mass is 9.99. The summed E-state index contributed by atoms with van der Waals surface area (Å²) in [5, 5.41) is 0. The van der Waals surface area contributed by atoms with Crippen molar-refractivity contribution in [1.29, 1.82) is 0 Å². The number of rotatable bonds is 7. The fourth-order valence-electron chi connectivity index (χ4n) is 4.28. The SMILES string of the molecule is CC1(C)O[C@H]2[C@@H](O1)[C@@H](COP(=S)(Oc1ccccc1)Oc1ccccc1)O[C@@H]1OC(C)(C)O[C@@H]12. The molecular formula is C24H29O8PS. The number of ether oxygens (including phenoxy) is 5. The summed E-state index contributed by atoms with van der Waals surface area (Å²) in [6.45, 7) is 4.21. The van der Waals surface area contributed by atoms with Crippen LogP contribution in [0.3, 0.4) is 0 Å². The molecule has 3 heterocycles. The molecular weight excluding hydrogens is 479 g/mol. The second-order valence-electron chi connectivity index (χ2n) is 9.26. The van der Waals surface area contributed by atoms with Crippen LogP contribution in [-0.2, 0) is 40.0 Å². The van der Waals surface area contributed by atoms with Gasteiger partial charge in [-0.05, 0) is 52.0 Å². The summed E-state index contributed by atoms with van der Waals surface area (Å²) in [4.78, 5) is 0. The van der Waals surface area contributed by atoms with E-state index in [4.69, 9.17) is 49.1 Å². The van der Waals surface area contributed by atoms with Crippen LogP contribution in [0.2, 0.25) is 0 Å². The Bertz CT molecular complexity index is 988. The van der Waals surface area contributed by atoms with Gasteiger partial charge in [-0.25, -0.2) is 0 Å². The zero-order chi connectivity index (χ0) is 24.0. The normalized spacial score (nSPS) is 31.5. The van der Waals surface area contributed by atoms with Crippen molar-refractivity contribution in [1.82, 2.24) is 0 Å². The molecule has 3 saturated heterocycles. The first kappa shape index (κ1) is 24.2. The van der Waals surface area contributed by atoms with Gasteiger partial charge in [0.05, 0.1) is 6.61 Å². The Balaban J connectivity index is 1.36. The van der Waals surface area contributed by atoms with Crippen LogP contribution < -0.4 is 9.05 Å². The van der Waals surface area contributed by atoms with Crippen LogP contribution >= 0.6 is 6.72 Å². The molecule has 3 fully saturated rings. The minimum absolute atomic E-state index is 0.0601. The van der Waals surface area contributed by atoms with Crippen LogP contribution in [0.4, 0.5) is 0 Å². The Kier molecular flexibility index (Phi) is 6.50. The number of fused-ring (bicyclic) bond motifs is 3. The van der Waals surface area contributed by atoms with Crippen molar-refractivity contribution in [2.45, 2.75) is 70.0 Å². The standard InChI is InChI=1S/C24H29O8PS/c1-23(2)27-19-18(26-22-21(20(19)28-23)29-24(3,4)30-22)15-25-33(34,31-16-11-7-5-8-12-16)32-17-13-9-6-10-14-17/h5-14,18-22H,15H2,1-4H3/t18-,19+,20+,21-,22-/m1/s1. The number of benzene rings is 2. The highest BCUT2D eigenvalue weighted by Crippen LogP contribution is 2.51. The minimum Gasteiger partial charge on any atom is -0.416 e. The molecule has 8 nitrogen and oxygen atoms in total. The molecule has 0 spiro atoms. The summed E-state index contributed by atoms with van der Waals surface area (Å²) in [6.07, 6.45) is -2.39. The molecule has 0 N–H and O–H groups in total. The van der Waals surface area contributed by atoms with Crippen molar-refractivity contribution >= 4 is 18.5 Å². The van der Waals surface area contributed by atoms with Gasteiger partial charge in [-0.15, -0.1) is 0 Å². The van der Waals surface area contributed by atoms with Crippen molar-refractivity contribution in [3.05, 3.63) is 60.7 Å². The Morgan fingerprint density at radius 1 is 0.735 bits per heavy atom. The van der Waals surface area contributed by atoms with Crippen molar-refractivity contribution in [3.63, 3.8) is 0 Å². The van der Waals surface area contributed by atoms with E-state index in [1.54, 1.807) is 24.3 Å². The molecule has 34 heavy (non-hydrogen) atoms. The first-order valence-corrected chi connectivity index (χ1v) is 13.8. The lowest BCUT2D eigenvalue weighted by Crippen LogP contribution is -2.56. The minimum atomic E-state index is -3.27. The molecule has 2 aromatic carbocycles. The van der Waals surface area contributed by atoms with Gasteiger partial charge >= 0.3 is 6.72 Å². The third-order valence-corrected chi connectivity index (χ3v) is 7.67. The molecule has 2 aromatic rings. The lowest BCUT2D eigenvalue weighted by Gasteiger charge is -2.37. The van der Waals surface area contributed by atoms with Gasteiger partial charge in [-0.2, -0.15) is 0 Å². The predicted molar refractivity (Wildman–Crippen MR) is 127 cm³/mol. The van der Waals surface area contributed by atoms with Crippen molar-refractivity contribution in [2.24, 2.45) is 0 Å². The van der Waals surface area contributed by atoms with Gasteiger partial charge < -0.3 is 32.7 Å². The molecule has 0 saturated carbocycles.